The summed E-state index contributed by atoms with van der Waals surface area (Å²) in [5, 5.41) is 1.18. The molecular weight excluding hydrogens is 396 g/mol. The number of ether oxygens (including phenoxy) is 1. The van der Waals surface area contributed by atoms with Crippen LogP contribution in [0.2, 0.25) is 15.1 Å². The van der Waals surface area contributed by atoms with Crippen molar-refractivity contribution in [1.29, 1.82) is 0 Å². The molecule has 1 atom stereocenters. The minimum Gasteiger partial charge on any atom is -0.455 e. The summed E-state index contributed by atoms with van der Waals surface area (Å²) in [6, 6.07) is 8.97. The molecule has 6 heteroatoms. The SMILES string of the molecule is CC(N)Cc1ccc(Br)cc1Oc1cc(Cl)c(Cl)cc1Cl. The largest absolute Gasteiger partial charge is 0.455 e. The number of benzene rings is 2. The first-order chi connectivity index (χ1) is 9.86. The van der Waals surface area contributed by atoms with E-state index >= 15 is 0 Å². The molecule has 0 saturated heterocycles. The van der Waals surface area contributed by atoms with Crippen molar-refractivity contribution in [1.82, 2.24) is 0 Å². The van der Waals surface area contributed by atoms with Gasteiger partial charge in [-0.15, -0.1) is 0 Å². The number of rotatable bonds is 4. The first kappa shape index (κ1) is 16.9. The van der Waals surface area contributed by atoms with Crippen molar-refractivity contribution >= 4 is 50.7 Å². The van der Waals surface area contributed by atoms with Gasteiger partial charge < -0.3 is 10.5 Å². The number of hydrogen-bond donors (Lipinski definition) is 1. The van der Waals surface area contributed by atoms with Gasteiger partial charge in [-0.05, 0) is 37.1 Å². The highest BCUT2D eigenvalue weighted by Gasteiger charge is 2.12. The molecule has 2 rings (SSSR count). The highest BCUT2D eigenvalue weighted by atomic mass is 79.9. The van der Waals surface area contributed by atoms with Crippen molar-refractivity contribution in [2.24, 2.45) is 5.73 Å². The Kier molecular flexibility index (Phi) is 5.81. The lowest BCUT2D eigenvalue weighted by atomic mass is 10.1. The van der Waals surface area contributed by atoms with Crippen LogP contribution in [0.4, 0.5) is 0 Å². The average Bonchev–Trinajstić information content (AvgIpc) is 2.38. The average molecular weight is 410 g/mol. The lowest BCUT2D eigenvalue weighted by Crippen LogP contribution is -2.18. The van der Waals surface area contributed by atoms with E-state index in [9.17, 15) is 0 Å². The van der Waals surface area contributed by atoms with Crippen LogP contribution in [0.25, 0.3) is 0 Å². The molecule has 0 spiro atoms. The highest BCUT2D eigenvalue weighted by Crippen LogP contribution is 2.38. The Labute approximate surface area is 147 Å². The van der Waals surface area contributed by atoms with Crippen LogP contribution in [0.1, 0.15) is 12.5 Å². The molecule has 112 valence electrons. The van der Waals surface area contributed by atoms with E-state index in [-0.39, 0.29) is 6.04 Å². The Bertz CT molecular complexity index is 662. The second-order valence-corrected chi connectivity index (χ2v) is 6.87. The molecule has 0 amide bonds. The molecule has 2 nitrogen and oxygen atoms in total. The third-order valence-corrected chi connectivity index (χ3v) is 4.28. The van der Waals surface area contributed by atoms with Gasteiger partial charge >= 0.3 is 0 Å². The molecule has 0 aliphatic heterocycles. The summed E-state index contributed by atoms with van der Waals surface area (Å²) in [5.74, 6) is 1.14. The summed E-state index contributed by atoms with van der Waals surface area (Å²) in [7, 11) is 0. The molecular formula is C15H13BrCl3NO. The molecule has 2 aromatic rings. The van der Waals surface area contributed by atoms with Gasteiger partial charge in [0.25, 0.3) is 0 Å². The summed E-state index contributed by atoms with van der Waals surface area (Å²) in [4.78, 5) is 0. The zero-order valence-electron chi connectivity index (χ0n) is 11.2. The fraction of sp³-hybridized carbons (Fsp3) is 0.200. The van der Waals surface area contributed by atoms with Crippen LogP contribution in [0.5, 0.6) is 11.5 Å². The number of nitrogens with two attached hydrogens (primary N) is 1. The standard InChI is InChI=1S/C15H13BrCl3NO/c1-8(20)4-9-2-3-10(16)5-14(9)21-15-7-12(18)11(17)6-13(15)19/h2-3,5-8H,4,20H2,1H3. The normalized spacial score (nSPS) is 12.3. The van der Waals surface area contributed by atoms with Crippen molar-refractivity contribution in [3.63, 3.8) is 0 Å². The van der Waals surface area contributed by atoms with Gasteiger partial charge in [0.15, 0.2) is 0 Å². The summed E-state index contributed by atoms with van der Waals surface area (Å²) in [5.41, 5.74) is 6.86. The number of hydrogen-bond acceptors (Lipinski definition) is 2. The molecule has 0 heterocycles. The van der Waals surface area contributed by atoms with E-state index in [2.05, 4.69) is 15.9 Å². The molecule has 0 radical (unpaired) electrons. The van der Waals surface area contributed by atoms with Gasteiger partial charge in [-0.3, -0.25) is 0 Å². The maximum Gasteiger partial charge on any atom is 0.147 e. The van der Waals surface area contributed by atoms with Crippen LogP contribution in [0.15, 0.2) is 34.8 Å². The Morgan fingerprint density at radius 3 is 2.38 bits per heavy atom. The van der Waals surface area contributed by atoms with Crippen molar-refractivity contribution in [2.75, 3.05) is 0 Å². The summed E-state index contributed by atoms with van der Waals surface area (Å²) >= 11 is 21.5. The lowest BCUT2D eigenvalue weighted by Gasteiger charge is -2.14. The minimum absolute atomic E-state index is 0.0257. The smallest absolute Gasteiger partial charge is 0.147 e. The van der Waals surface area contributed by atoms with E-state index in [0.717, 1.165) is 10.0 Å². The molecule has 0 aliphatic rings. The molecule has 1 unspecified atom stereocenters. The van der Waals surface area contributed by atoms with Crippen molar-refractivity contribution < 1.29 is 4.74 Å². The Morgan fingerprint density at radius 2 is 1.71 bits per heavy atom. The molecule has 0 fully saturated rings. The fourth-order valence-electron chi connectivity index (χ4n) is 1.84. The molecule has 2 aromatic carbocycles. The van der Waals surface area contributed by atoms with E-state index in [4.69, 9.17) is 45.3 Å². The molecule has 0 bridgehead atoms. The van der Waals surface area contributed by atoms with E-state index in [1.54, 1.807) is 12.1 Å². The van der Waals surface area contributed by atoms with E-state index in [1.165, 1.54) is 0 Å². The molecule has 0 aliphatic carbocycles. The number of halogens is 4. The van der Waals surface area contributed by atoms with Crippen molar-refractivity contribution in [3.8, 4) is 11.5 Å². The Balaban J connectivity index is 2.38. The van der Waals surface area contributed by atoms with E-state index < -0.39 is 0 Å². The molecule has 2 N–H and O–H groups in total. The van der Waals surface area contributed by atoms with Gasteiger partial charge in [0.1, 0.15) is 11.5 Å². The third-order valence-electron chi connectivity index (χ3n) is 2.77. The topological polar surface area (TPSA) is 35.2 Å². The van der Waals surface area contributed by atoms with Crippen LogP contribution in [-0.4, -0.2) is 6.04 Å². The van der Waals surface area contributed by atoms with Gasteiger partial charge in [0, 0.05) is 16.6 Å². The highest BCUT2D eigenvalue weighted by molar-refractivity contribution is 9.10. The van der Waals surface area contributed by atoms with Crippen LogP contribution < -0.4 is 10.5 Å². The maximum absolute atomic E-state index is 6.14. The van der Waals surface area contributed by atoms with Crippen LogP contribution in [0, 0.1) is 0 Å². The first-order valence-corrected chi connectivity index (χ1v) is 8.16. The second kappa shape index (κ2) is 7.21. The first-order valence-electron chi connectivity index (χ1n) is 6.23. The van der Waals surface area contributed by atoms with Crippen molar-refractivity contribution in [2.45, 2.75) is 19.4 Å². The quantitative estimate of drug-likeness (QED) is 0.620. The molecule has 21 heavy (non-hydrogen) atoms. The van der Waals surface area contributed by atoms with Gasteiger partial charge in [-0.25, -0.2) is 0 Å². The third kappa shape index (κ3) is 4.51. The predicted molar refractivity (Wildman–Crippen MR) is 93.0 cm³/mol. The van der Waals surface area contributed by atoms with E-state index in [0.29, 0.717) is 33.0 Å². The van der Waals surface area contributed by atoms with E-state index in [1.807, 2.05) is 25.1 Å². The summed E-state index contributed by atoms with van der Waals surface area (Å²) in [6.07, 6.45) is 0.696. The second-order valence-electron chi connectivity index (χ2n) is 4.73. The lowest BCUT2D eigenvalue weighted by molar-refractivity contribution is 0.474. The zero-order chi connectivity index (χ0) is 15.6. The predicted octanol–water partition coefficient (Wildman–Crippen LogP) is 6.09. The molecule has 0 aromatic heterocycles. The Hall–Kier alpha value is -0.450. The van der Waals surface area contributed by atoms with Gasteiger partial charge in [-0.2, -0.15) is 0 Å². The van der Waals surface area contributed by atoms with Crippen LogP contribution in [-0.2, 0) is 6.42 Å². The monoisotopic (exact) mass is 407 g/mol. The maximum atomic E-state index is 6.14. The van der Waals surface area contributed by atoms with Crippen molar-refractivity contribution in [3.05, 3.63) is 55.4 Å². The van der Waals surface area contributed by atoms with Crippen LogP contribution in [0.3, 0.4) is 0 Å². The zero-order valence-corrected chi connectivity index (χ0v) is 15.0. The minimum atomic E-state index is 0.0257. The fourth-order valence-corrected chi connectivity index (χ4v) is 2.76. The van der Waals surface area contributed by atoms with Crippen LogP contribution >= 0.6 is 50.7 Å². The van der Waals surface area contributed by atoms with Gasteiger partial charge in [0.2, 0.25) is 0 Å². The summed E-state index contributed by atoms with van der Waals surface area (Å²) < 4.78 is 6.80. The summed E-state index contributed by atoms with van der Waals surface area (Å²) in [6.45, 7) is 1.94. The molecule has 0 saturated carbocycles. The van der Waals surface area contributed by atoms with Gasteiger partial charge in [0.05, 0.1) is 15.1 Å². The Morgan fingerprint density at radius 1 is 1.05 bits per heavy atom. The van der Waals surface area contributed by atoms with Gasteiger partial charge in [-0.1, -0.05) is 56.8 Å².